The van der Waals surface area contributed by atoms with Crippen LogP contribution in [0.15, 0.2) is 45.6 Å². The Balaban J connectivity index is 1.88. The van der Waals surface area contributed by atoms with E-state index in [9.17, 15) is 9.59 Å². The maximum atomic E-state index is 13.6. The van der Waals surface area contributed by atoms with Crippen LogP contribution in [0.4, 0.5) is 0 Å². The molecule has 1 aliphatic rings. The molecule has 34 heavy (non-hydrogen) atoms. The maximum absolute atomic E-state index is 13.6. The van der Waals surface area contributed by atoms with Crippen LogP contribution in [-0.4, -0.2) is 51.4 Å². The molecule has 0 fully saturated rings. The normalized spacial score (nSPS) is 15.2. The van der Waals surface area contributed by atoms with Crippen LogP contribution in [0, 0.1) is 0 Å². The zero-order valence-corrected chi connectivity index (χ0v) is 20.0. The van der Waals surface area contributed by atoms with E-state index in [4.69, 9.17) is 23.4 Å². The number of ether oxygens (including phenoxy) is 4. The molecule has 1 aliphatic heterocycles. The number of amides is 1. The fraction of sp³-hybridized carbons (Fsp3) is 0.385. The molecule has 3 aromatic rings. The van der Waals surface area contributed by atoms with Crippen LogP contribution in [0.25, 0.3) is 11.0 Å². The summed E-state index contributed by atoms with van der Waals surface area (Å²) >= 11 is 0. The fourth-order valence-electron chi connectivity index (χ4n) is 4.36. The third-order valence-electron chi connectivity index (χ3n) is 5.87. The molecule has 0 N–H and O–H groups in total. The highest BCUT2D eigenvalue weighted by atomic mass is 16.5. The largest absolute Gasteiger partial charge is 0.493 e. The first-order valence-electron chi connectivity index (χ1n) is 11.2. The van der Waals surface area contributed by atoms with E-state index in [-0.39, 0.29) is 23.2 Å². The van der Waals surface area contributed by atoms with Crippen molar-refractivity contribution in [2.75, 3.05) is 34.5 Å². The van der Waals surface area contributed by atoms with Gasteiger partial charge in [-0.05, 0) is 50.1 Å². The topological polar surface area (TPSA) is 87.4 Å². The molecule has 0 aliphatic carbocycles. The predicted molar refractivity (Wildman–Crippen MR) is 127 cm³/mol. The molecule has 0 radical (unpaired) electrons. The van der Waals surface area contributed by atoms with Gasteiger partial charge >= 0.3 is 0 Å². The van der Waals surface area contributed by atoms with Gasteiger partial charge in [0.1, 0.15) is 5.58 Å². The SMILES string of the molecule is COc1cc(C2c3c(oc4ccccc4c3=O)C(=O)N2CCCOC(C)C)cc(OC)c1OC. The van der Waals surface area contributed by atoms with Crippen molar-refractivity contribution in [3.05, 3.63) is 63.5 Å². The van der Waals surface area contributed by atoms with Crippen molar-refractivity contribution in [3.8, 4) is 17.2 Å². The first-order valence-corrected chi connectivity index (χ1v) is 11.2. The Morgan fingerprint density at radius 3 is 2.29 bits per heavy atom. The lowest BCUT2D eigenvalue weighted by molar-refractivity contribution is 0.0593. The third-order valence-corrected chi connectivity index (χ3v) is 5.87. The summed E-state index contributed by atoms with van der Waals surface area (Å²) in [7, 11) is 4.58. The number of carbonyl (C=O) groups excluding carboxylic acids is 1. The van der Waals surface area contributed by atoms with Gasteiger partial charge in [0.25, 0.3) is 5.91 Å². The van der Waals surface area contributed by atoms with Crippen LogP contribution in [0.2, 0.25) is 0 Å². The monoisotopic (exact) mass is 467 g/mol. The Bertz CT molecular complexity index is 1240. The summed E-state index contributed by atoms with van der Waals surface area (Å²) in [4.78, 5) is 28.7. The zero-order valence-electron chi connectivity index (χ0n) is 20.0. The molecule has 0 spiro atoms. The summed E-state index contributed by atoms with van der Waals surface area (Å²) in [5, 5.41) is 0.427. The van der Waals surface area contributed by atoms with Crippen LogP contribution < -0.4 is 19.6 Å². The highest BCUT2D eigenvalue weighted by molar-refractivity contribution is 5.99. The van der Waals surface area contributed by atoms with Gasteiger partial charge in [-0.3, -0.25) is 9.59 Å². The quantitative estimate of drug-likeness (QED) is 0.436. The molecular formula is C26H29NO7. The molecule has 1 aromatic heterocycles. The second-order valence-corrected chi connectivity index (χ2v) is 8.30. The van der Waals surface area contributed by atoms with Crippen LogP contribution >= 0.6 is 0 Å². The lowest BCUT2D eigenvalue weighted by Crippen LogP contribution is -2.31. The van der Waals surface area contributed by atoms with E-state index in [2.05, 4.69) is 0 Å². The molecule has 2 heterocycles. The molecule has 8 heteroatoms. The molecule has 0 saturated heterocycles. The number of hydrogen-bond acceptors (Lipinski definition) is 7. The van der Waals surface area contributed by atoms with Crippen molar-refractivity contribution in [2.45, 2.75) is 32.4 Å². The van der Waals surface area contributed by atoms with E-state index in [1.165, 1.54) is 21.3 Å². The second-order valence-electron chi connectivity index (χ2n) is 8.30. The van der Waals surface area contributed by atoms with Gasteiger partial charge in [0.15, 0.2) is 16.9 Å². The fourth-order valence-corrected chi connectivity index (χ4v) is 4.36. The molecule has 1 atom stereocenters. The summed E-state index contributed by atoms with van der Waals surface area (Å²) in [5.41, 5.74) is 1.12. The van der Waals surface area contributed by atoms with Crippen LogP contribution in [0.5, 0.6) is 17.2 Å². The molecule has 0 saturated carbocycles. The van der Waals surface area contributed by atoms with E-state index >= 15 is 0 Å². The number of nitrogens with zero attached hydrogens (tertiary/aromatic N) is 1. The number of benzene rings is 2. The van der Waals surface area contributed by atoms with Crippen LogP contribution in [0.1, 0.15) is 48.0 Å². The summed E-state index contributed by atoms with van der Waals surface area (Å²) in [5.74, 6) is 1.03. The van der Waals surface area contributed by atoms with E-state index in [1.54, 1.807) is 41.3 Å². The number of methoxy groups -OCH3 is 3. The van der Waals surface area contributed by atoms with Crippen LogP contribution in [0.3, 0.4) is 0 Å². The summed E-state index contributed by atoms with van der Waals surface area (Å²) in [6, 6.07) is 9.81. The summed E-state index contributed by atoms with van der Waals surface area (Å²) in [6.45, 7) is 4.80. The molecule has 0 bridgehead atoms. The lowest BCUT2D eigenvalue weighted by Gasteiger charge is -2.26. The summed E-state index contributed by atoms with van der Waals surface area (Å²) in [6.07, 6.45) is 0.693. The number of rotatable bonds is 9. The van der Waals surface area contributed by atoms with Crippen molar-refractivity contribution in [3.63, 3.8) is 0 Å². The molecule has 4 rings (SSSR count). The molecule has 2 aromatic carbocycles. The average Bonchev–Trinajstić information content (AvgIpc) is 3.12. The van der Waals surface area contributed by atoms with E-state index < -0.39 is 6.04 Å². The highest BCUT2D eigenvalue weighted by Crippen LogP contribution is 2.45. The van der Waals surface area contributed by atoms with E-state index in [0.29, 0.717) is 58.9 Å². The van der Waals surface area contributed by atoms with Crippen molar-refractivity contribution in [2.24, 2.45) is 0 Å². The van der Waals surface area contributed by atoms with Crippen molar-refractivity contribution in [1.82, 2.24) is 4.90 Å². The lowest BCUT2D eigenvalue weighted by atomic mass is 9.97. The Hall–Kier alpha value is -3.52. The predicted octanol–water partition coefficient (Wildman–Crippen LogP) is 4.18. The minimum absolute atomic E-state index is 0.0622. The average molecular weight is 468 g/mol. The zero-order chi connectivity index (χ0) is 24.4. The Morgan fingerprint density at radius 1 is 1.00 bits per heavy atom. The molecular weight excluding hydrogens is 438 g/mol. The number of para-hydroxylation sites is 1. The molecule has 8 nitrogen and oxygen atoms in total. The van der Waals surface area contributed by atoms with E-state index in [0.717, 1.165) is 0 Å². The van der Waals surface area contributed by atoms with Crippen molar-refractivity contribution in [1.29, 1.82) is 0 Å². The first kappa shape index (κ1) is 23.6. The summed E-state index contributed by atoms with van der Waals surface area (Å²) < 4.78 is 28.1. The van der Waals surface area contributed by atoms with Gasteiger partial charge < -0.3 is 28.3 Å². The van der Waals surface area contributed by atoms with Gasteiger partial charge in [0, 0.05) is 13.2 Å². The second kappa shape index (κ2) is 9.77. The van der Waals surface area contributed by atoms with Crippen molar-refractivity contribution >= 4 is 16.9 Å². The Morgan fingerprint density at radius 2 is 1.68 bits per heavy atom. The standard InChI is InChI=1S/C26H29NO7/c1-15(2)33-12-8-11-27-22(16-13-19(30-3)24(32-5)20(14-16)31-4)21-23(28)17-9-6-7-10-18(17)34-25(21)26(27)29/h6-7,9-10,13-15,22H,8,11-12H2,1-5H3. The van der Waals surface area contributed by atoms with Gasteiger partial charge in [-0.2, -0.15) is 0 Å². The maximum Gasteiger partial charge on any atom is 0.290 e. The third kappa shape index (κ3) is 4.09. The highest BCUT2D eigenvalue weighted by Gasteiger charge is 2.43. The van der Waals surface area contributed by atoms with Gasteiger partial charge in [0.05, 0.1) is 44.4 Å². The minimum atomic E-state index is -0.670. The van der Waals surface area contributed by atoms with Gasteiger partial charge in [-0.15, -0.1) is 0 Å². The number of hydrogen-bond donors (Lipinski definition) is 0. The number of fused-ring (bicyclic) bond motifs is 2. The van der Waals surface area contributed by atoms with Gasteiger partial charge in [-0.25, -0.2) is 0 Å². The Kier molecular flexibility index (Phi) is 6.79. The van der Waals surface area contributed by atoms with Crippen LogP contribution in [-0.2, 0) is 4.74 Å². The van der Waals surface area contributed by atoms with E-state index in [1.807, 2.05) is 13.8 Å². The molecule has 1 amide bonds. The Labute approximate surface area is 198 Å². The van der Waals surface area contributed by atoms with Crippen molar-refractivity contribution < 1.29 is 28.2 Å². The first-order chi connectivity index (χ1) is 16.4. The smallest absolute Gasteiger partial charge is 0.290 e. The number of carbonyl (C=O) groups is 1. The van der Waals surface area contributed by atoms with Gasteiger partial charge in [0.2, 0.25) is 11.5 Å². The molecule has 1 unspecified atom stereocenters. The minimum Gasteiger partial charge on any atom is -0.493 e. The molecule has 180 valence electrons. The van der Waals surface area contributed by atoms with Gasteiger partial charge in [-0.1, -0.05) is 12.1 Å².